The van der Waals surface area contributed by atoms with E-state index in [1.165, 1.54) is 0 Å². The van der Waals surface area contributed by atoms with Crippen molar-refractivity contribution >= 4 is 12.0 Å². The van der Waals surface area contributed by atoms with Crippen LogP contribution in [0.15, 0.2) is 0 Å². The summed E-state index contributed by atoms with van der Waals surface area (Å²) >= 11 is 0. The fourth-order valence-corrected chi connectivity index (χ4v) is 2.63. The molecule has 0 aromatic rings. The Kier molecular flexibility index (Phi) is 5.80. The fraction of sp³-hybridized carbons (Fsp3) is 0.857. The smallest absolute Gasteiger partial charge is 0.317 e. The van der Waals surface area contributed by atoms with Gasteiger partial charge in [0.1, 0.15) is 0 Å². The Morgan fingerprint density at radius 2 is 2.00 bits per heavy atom. The second-order valence-electron chi connectivity index (χ2n) is 5.49. The molecule has 2 N–H and O–H groups in total. The van der Waals surface area contributed by atoms with Crippen LogP contribution in [0, 0.1) is 5.41 Å². The lowest BCUT2D eigenvalue weighted by Gasteiger charge is -2.31. The third-order valence-electron chi connectivity index (χ3n) is 4.54. The Balaban J connectivity index is 2.59. The number of nitrogens with one attached hydrogen (secondary N) is 1. The highest BCUT2D eigenvalue weighted by atomic mass is 16.5. The minimum Gasteiger partial charge on any atom is -0.481 e. The number of aliphatic carboxylic acids is 1. The molecular formula is C14H26N2O4. The van der Waals surface area contributed by atoms with Crippen molar-refractivity contribution < 1.29 is 19.4 Å². The number of hydrogen-bond donors (Lipinski definition) is 2. The summed E-state index contributed by atoms with van der Waals surface area (Å²) in [7, 11) is 1.73. The first-order valence-electron chi connectivity index (χ1n) is 7.23. The van der Waals surface area contributed by atoms with Crippen molar-refractivity contribution in [2.24, 2.45) is 5.41 Å². The molecule has 1 fully saturated rings. The lowest BCUT2D eigenvalue weighted by atomic mass is 9.82. The van der Waals surface area contributed by atoms with Crippen LogP contribution in [-0.4, -0.2) is 54.4 Å². The highest BCUT2D eigenvalue weighted by molar-refractivity contribution is 5.78. The number of carbonyl (C=O) groups is 2. The summed E-state index contributed by atoms with van der Waals surface area (Å²) < 4.78 is 5.45. The Bertz CT molecular complexity index is 355. The predicted molar refractivity (Wildman–Crippen MR) is 75.6 cm³/mol. The molecule has 2 unspecified atom stereocenters. The van der Waals surface area contributed by atoms with Gasteiger partial charge in [0.2, 0.25) is 0 Å². The van der Waals surface area contributed by atoms with E-state index in [1.807, 2.05) is 20.8 Å². The number of carboxylic acid groups (broad SMARTS) is 1. The van der Waals surface area contributed by atoms with E-state index in [1.54, 1.807) is 11.9 Å². The molecule has 0 bridgehead atoms. The van der Waals surface area contributed by atoms with Crippen molar-refractivity contribution in [2.75, 3.05) is 20.2 Å². The summed E-state index contributed by atoms with van der Waals surface area (Å²) in [5.41, 5.74) is -0.881. The minimum atomic E-state index is -0.881. The van der Waals surface area contributed by atoms with Crippen LogP contribution in [0.2, 0.25) is 0 Å². The topological polar surface area (TPSA) is 78.9 Å². The van der Waals surface area contributed by atoms with Crippen LogP contribution in [0.25, 0.3) is 0 Å². The van der Waals surface area contributed by atoms with Crippen LogP contribution in [-0.2, 0) is 9.53 Å². The zero-order valence-corrected chi connectivity index (χ0v) is 12.8. The first kappa shape index (κ1) is 16.8. The number of rotatable bonds is 6. The van der Waals surface area contributed by atoms with Gasteiger partial charge in [0.05, 0.1) is 17.6 Å². The molecule has 0 aromatic carbocycles. The van der Waals surface area contributed by atoms with Gasteiger partial charge in [0, 0.05) is 20.2 Å². The van der Waals surface area contributed by atoms with E-state index in [2.05, 4.69) is 5.32 Å². The molecule has 1 aliphatic heterocycles. The monoisotopic (exact) mass is 286 g/mol. The molecule has 116 valence electrons. The summed E-state index contributed by atoms with van der Waals surface area (Å²) in [6.07, 6.45) is 1.82. The van der Waals surface area contributed by atoms with Gasteiger partial charge in [-0.15, -0.1) is 0 Å². The number of likely N-dealkylation sites (N-methyl/N-ethyl adjacent to an activating group) is 1. The van der Waals surface area contributed by atoms with Crippen molar-refractivity contribution in [3.63, 3.8) is 0 Å². The maximum absolute atomic E-state index is 12.1. The van der Waals surface area contributed by atoms with E-state index in [9.17, 15) is 14.7 Å². The molecule has 0 saturated carbocycles. The molecule has 6 heteroatoms. The van der Waals surface area contributed by atoms with Gasteiger partial charge in [0.15, 0.2) is 0 Å². The fourth-order valence-electron chi connectivity index (χ4n) is 2.63. The Hall–Kier alpha value is -1.30. The standard InChI is InChI=1S/C14H26N2O4/c1-5-14(6-2,12(17)18)9-15-13(19)16(4)11-7-8-20-10(11)3/h10-11H,5-9H2,1-4H3,(H,15,19)(H,17,18). The average molecular weight is 286 g/mol. The van der Waals surface area contributed by atoms with Crippen LogP contribution in [0.3, 0.4) is 0 Å². The lowest BCUT2D eigenvalue weighted by molar-refractivity contribution is -0.149. The molecule has 0 aliphatic carbocycles. The molecule has 0 spiro atoms. The Morgan fingerprint density at radius 1 is 1.40 bits per heavy atom. The van der Waals surface area contributed by atoms with Gasteiger partial charge in [-0.05, 0) is 26.2 Å². The van der Waals surface area contributed by atoms with Crippen LogP contribution in [0.5, 0.6) is 0 Å². The molecule has 2 atom stereocenters. The summed E-state index contributed by atoms with van der Waals surface area (Å²) in [6, 6.07) is -0.183. The number of carboxylic acids is 1. The Labute approximate surface area is 120 Å². The van der Waals surface area contributed by atoms with Crippen LogP contribution >= 0.6 is 0 Å². The second-order valence-corrected chi connectivity index (χ2v) is 5.49. The third kappa shape index (κ3) is 3.42. The average Bonchev–Trinajstić information content (AvgIpc) is 2.85. The van der Waals surface area contributed by atoms with Gasteiger partial charge >= 0.3 is 12.0 Å². The highest BCUT2D eigenvalue weighted by Gasteiger charge is 2.36. The maximum atomic E-state index is 12.1. The first-order valence-corrected chi connectivity index (χ1v) is 7.23. The van der Waals surface area contributed by atoms with Gasteiger partial charge in [-0.3, -0.25) is 4.79 Å². The molecular weight excluding hydrogens is 260 g/mol. The molecule has 0 aromatic heterocycles. The number of hydrogen-bond acceptors (Lipinski definition) is 3. The number of ether oxygens (including phenoxy) is 1. The van der Waals surface area contributed by atoms with Crippen molar-refractivity contribution in [2.45, 2.75) is 52.2 Å². The van der Waals surface area contributed by atoms with E-state index in [0.717, 1.165) is 6.42 Å². The highest BCUT2D eigenvalue weighted by Crippen LogP contribution is 2.26. The molecule has 6 nitrogen and oxygen atoms in total. The zero-order valence-electron chi connectivity index (χ0n) is 12.8. The van der Waals surface area contributed by atoms with Crippen molar-refractivity contribution in [1.82, 2.24) is 10.2 Å². The summed E-state index contributed by atoms with van der Waals surface area (Å²) in [5, 5.41) is 12.1. The van der Waals surface area contributed by atoms with E-state index >= 15 is 0 Å². The van der Waals surface area contributed by atoms with Gasteiger partial charge < -0.3 is 20.1 Å². The molecule has 1 saturated heterocycles. The van der Waals surface area contributed by atoms with Crippen LogP contribution in [0.1, 0.15) is 40.0 Å². The normalized spacial score (nSPS) is 22.6. The minimum absolute atomic E-state index is 0.0207. The van der Waals surface area contributed by atoms with Gasteiger partial charge in [-0.2, -0.15) is 0 Å². The Morgan fingerprint density at radius 3 is 2.40 bits per heavy atom. The molecule has 2 amide bonds. The van der Waals surface area contributed by atoms with Crippen molar-refractivity contribution in [3.8, 4) is 0 Å². The molecule has 20 heavy (non-hydrogen) atoms. The lowest BCUT2D eigenvalue weighted by Crippen LogP contribution is -2.50. The molecule has 1 aliphatic rings. The van der Waals surface area contributed by atoms with Gasteiger partial charge in [-0.25, -0.2) is 4.79 Å². The summed E-state index contributed by atoms with van der Waals surface area (Å²) in [5.74, 6) is -0.858. The number of amides is 2. The van der Waals surface area contributed by atoms with Crippen molar-refractivity contribution in [1.29, 1.82) is 0 Å². The SMILES string of the molecule is CCC(CC)(CNC(=O)N(C)C1CCOC1C)C(=O)O. The van der Waals surface area contributed by atoms with E-state index in [-0.39, 0.29) is 24.7 Å². The zero-order chi connectivity index (χ0) is 15.3. The van der Waals surface area contributed by atoms with E-state index in [0.29, 0.717) is 19.4 Å². The predicted octanol–water partition coefficient (Wildman–Crippen LogP) is 1.70. The van der Waals surface area contributed by atoms with Crippen LogP contribution < -0.4 is 5.32 Å². The van der Waals surface area contributed by atoms with Gasteiger partial charge in [-0.1, -0.05) is 13.8 Å². The largest absolute Gasteiger partial charge is 0.481 e. The van der Waals surface area contributed by atoms with Gasteiger partial charge in [0.25, 0.3) is 0 Å². The van der Waals surface area contributed by atoms with E-state index in [4.69, 9.17) is 4.74 Å². The maximum Gasteiger partial charge on any atom is 0.317 e. The number of nitrogens with zero attached hydrogens (tertiary/aromatic N) is 1. The molecule has 1 heterocycles. The third-order valence-corrected chi connectivity index (χ3v) is 4.54. The van der Waals surface area contributed by atoms with Crippen LogP contribution in [0.4, 0.5) is 4.79 Å². The second kappa shape index (κ2) is 6.92. The molecule has 1 rings (SSSR count). The number of urea groups is 1. The number of carbonyl (C=O) groups excluding carboxylic acids is 1. The molecule has 0 radical (unpaired) electrons. The summed E-state index contributed by atoms with van der Waals surface area (Å²) in [6.45, 7) is 6.43. The summed E-state index contributed by atoms with van der Waals surface area (Å²) in [4.78, 5) is 25.2. The quantitative estimate of drug-likeness (QED) is 0.779. The van der Waals surface area contributed by atoms with Crippen molar-refractivity contribution in [3.05, 3.63) is 0 Å². The van der Waals surface area contributed by atoms with E-state index < -0.39 is 11.4 Å². The first-order chi connectivity index (χ1) is 9.38.